The lowest BCUT2D eigenvalue weighted by Gasteiger charge is -2.21. The van der Waals surface area contributed by atoms with Gasteiger partial charge >= 0.3 is 0 Å². The van der Waals surface area contributed by atoms with Gasteiger partial charge in [-0.05, 0) is 37.7 Å². The Morgan fingerprint density at radius 1 is 1.14 bits per heavy atom. The molecule has 0 spiro atoms. The highest BCUT2D eigenvalue weighted by Gasteiger charge is 2.19. The van der Waals surface area contributed by atoms with Crippen LogP contribution in [0.2, 0.25) is 0 Å². The van der Waals surface area contributed by atoms with Crippen LogP contribution in [0.1, 0.15) is 24.1 Å². The van der Waals surface area contributed by atoms with E-state index in [2.05, 4.69) is 33.4 Å². The zero-order valence-corrected chi connectivity index (χ0v) is 14.1. The molecule has 0 aliphatic heterocycles. The van der Waals surface area contributed by atoms with Crippen LogP contribution in [-0.4, -0.2) is 20.8 Å². The maximum absolute atomic E-state index is 5.75. The van der Waals surface area contributed by atoms with Gasteiger partial charge in [-0.25, -0.2) is 0 Å². The van der Waals surface area contributed by atoms with Gasteiger partial charge in [-0.1, -0.05) is 40.2 Å². The van der Waals surface area contributed by atoms with Gasteiger partial charge in [-0.15, -0.1) is 0 Å². The fourth-order valence-electron chi connectivity index (χ4n) is 2.35. The number of para-hydroxylation sites is 1. The van der Waals surface area contributed by atoms with Gasteiger partial charge in [0.25, 0.3) is 0 Å². The molecule has 1 atom stereocenters. The number of rotatable bonds is 6. The van der Waals surface area contributed by atoms with Gasteiger partial charge in [0.2, 0.25) is 0 Å². The Hall–Kier alpha value is -1.52. The normalized spacial score (nSPS) is 12.0. The minimum Gasteiger partial charge on any atom is -0.497 e. The van der Waals surface area contributed by atoms with Gasteiger partial charge in [-0.3, -0.25) is 0 Å². The Bertz CT molecular complexity index is 601. The second kappa shape index (κ2) is 7.48. The molecule has 0 radical (unpaired) electrons. The van der Waals surface area contributed by atoms with Crippen molar-refractivity contribution < 1.29 is 9.47 Å². The van der Waals surface area contributed by atoms with Crippen molar-refractivity contribution in [3.63, 3.8) is 0 Å². The van der Waals surface area contributed by atoms with Crippen LogP contribution in [0.15, 0.2) is 46.9 Å². The van der Waals surface area contributed by atoms with E-state index in [-0.39, 0.29) is 6.04 Å². The summed E-state index contributed by atoms with van der Waals surface area (Å²) in [5.74, 6) is 1.74. The maximum atomic E-state index is 5.75. The summed E-state index contributed by atoms with van der Waals surface area (Å²) in [6.07, 6.45) is 0. The molecule has 1 N–H and O–H groups in total. The maximum Gasteiger partial charge on any atom is 0.124 e. The topological polar surface area (TPSA) is 30.5 Å². The third-order valence-electron chi connectivity index (χ3n) is 3.34. The fraction of sp³-hybridized carbons (Fsp3) is 0.294. The summed E-state index contributed by atoms with van der Waals surface area (Å²) in [5, 5.41) is 3.36. The third-order valence-corrected chi connectivity index (χ3v) is 4.02. The van der Waals surface area contributed by atoms with Crippen LogP contribution in [0.4, 0.5) is 0 Å². The third kappa shape index (κ3) is 3.57. The summed E-state index contributed by atoms with van der Waals surface area (Å²) in [5.41, 5.74) is 2.26. The number of methoxy groups -OCH3 is 1. The first-order chi connectivity index (χ1) is 10.2. The van der Waals surface area contributed by atoms with Crippen LogP contribution in [0.25, 0.3) is 0 Å². The van der Waals surface area contributed by atoms with E-state index in [1.165, 1.54) is 0 Å². The van der Waals surface area contributed by atoms with E-state index in [9.17, 15) is 0 Å². The second-order valence-corrected chi connectivity index (χ2v) is 5.43. The lowest BCUT2D eigenvalue weighted by molar-refractivity contribution is 0.334. The van der Waals surface area contributed by atoms with E-state index >= 15 is 0 Å². The Morgan fingerprint density at radius 3 is 2.52 bits per heavy atom. The summed E-state index contributed by atoms with van der Waals surface area (Å²) in [4.78, 5) is 0. The molecule has 0 aliphatic carbocycles. The molecule has 0 aromatic heterocycles. The van der Waals surface area contributed by atoms with Crippen molar-refractivity contribution >= 4 is 15.9 Å². The van der Waals surface area contributed by atoms with Crippen molar-refractivity contribution in [1.29, 1.82) is 0 Å². The fourth-order valence-corrected chi connectivity index (χ4v) is 2.94. The minimum atomic E-state index is 0.0491. The van der Waals surface area contributed by atoms with Gasteiger partial charge in [0.05, 0.1) is 19.8 Å². The lowest BCUT2D eigenvalue weighted by Crippen LogP contribution is -2.19. The van der Waals surface area contributed by atoms with E-state index < -0.39 is 0 Å². The molecule has 0 heterocycles. The van der Waals surface area contributed by atoms with E-state index in [0.29, 0.717) is 6.61 Å². The summed E-state index contributed by atoms with van der Waals surface area (Å²) in [7, 11) is 3.62. The van der Waals surface area contributed by atoms with E-state index in [1.54, 1.807) is 7.11 Å². The molecular weight excluding hydrogens is 330 g/mol. The lowest BCUT2D eigenvalue weighted by atomic mass is 9.98. The first kappa shape index (κ1) is 15.9. The van der Waals surface area contributed by atoms with Crippen LogP contribution < -0.4 is 14.8 Å². The molecule has 0 saturated heterocycles. The van der Waals surface area contributed by atoms with Crippen molar-refractivity contribution in [3.8, 4) is 11.5 Å². The molecule has 0 bridgehead atoms. The molecule has 0 amide bonds. The average molecular weight is 350 g/mol. The Balaban J connectivity index is 2.44. The number of nitrogens with one attached hydrogen (secondary N) is 1. The number of benzene rings is 2. The van der Waals surface area contributed by atoms with E-state index in [0.717, 1.165) is 27.1 Å². The van der Waals surface area contributed by atoms with Crippen LogP contribution in [-0.2, 0) is 0 Å². The molecule has 0 fully saturated rings. The molecule has 4 heteroatoms. The molecule has 0 saturated carbocycles. The second-order valence-electron chi connectivity index (χ2n) is 4.58. The SMILES string of the molecule is CCOc1ccccc1C(NC)c1ccc(OC)cc1Br. The Kier molecular flexibility index (Phi) is 5.65. The van der Waals surface area contributed by atoms with Crippen molar-refractivity contribution in [3.05, 3.63) is 58.1 Å². The summed E-state index contributed by atoms with van der Waals surface area (Å²) >= 11 is 3.63. The summed E-state index contributed by atoms with van der Waals surface area (Å²) in [6.45, 7) is 2.64. The number of hydrogen-bond donors (Lipinski definition) is 1. The summed E-state index contributed by atoms with van der Waals surface area (Å²) in [6, 6.07) is 14.2. The molecular formula is C17H20BrNO2. The smallest absolute Gasteiger partial charge is 0.124 e. The van der Waals surface area contributed by atoms with Crippen LogP contribution in [0.5, 0.6) is 11.5 Å². The molecule has 112 valence electrons. The summed E-state index contributed by atoms with van der Waals surface area (Å²) < 4.78 is 12.0. The monoisotopic (exact) mass is 349 g/mol. The highest BCUT2D eigenvalue weighted by atomic mass is 79.9. The molecule has 0 aliphatic rings. The molecule has 21 heavy (non-hydrogen) atoms. The predicted octanol–water partition coefficient (Wildman–Crippen LogP) is 4.17. The first-order valence-electron chi connectivity index (χ1n) is 6.93. The Labute approximate surface area is 134 Å². The number of hydrogen-bond acceptors (Lipinski definition) is 3. The molecule has 1 unspecified atom stereocenters. The molecule has 2 rings (SSSR count). The highest BCUT2D eigenvalue weighted by Crippen LogP contribution is 2.35. The van der Waals surface area contributed by atoms with Gasteiger partial charge < -0.3 is 14.8 Å². The standard InChI is InChI=1S/C17H20BrNO2/c1-4-21-16-8-6-5-7-14(16)17(19-2)13-10-9-12(20-3)11-15(13)18/h5-11,17,19H,4H2,1-3H3. The van der Waals surface area contributed by atoms with E-state index in [4.69, 9.17) is 9.47 Å². The van der Waals surface area contributed by atoms with Crippen LogP contribution in [0.3, 0.4) is 0 Å². The van der Waals surface area contributed by atoms with Crippen molar-refractivity contribution in [2.75, 3.05) is 20.8 Å². The first-order valence-corrected chi connectivity index (χ1v) is 7.73. The van der Waals surface area contributed by atoms with Crippen molar-refractivity contribution in [1.82, 2.24) is 5.32 Å². The minimum absolute atomic E-state index is 0.0491. The van der Waals surface area contributed by atoms with Crippen molar-refractivity contribution in [2.24, 2.45) is 0 Å². The molecule has 3 nitrogen and oxygen atoms in total. The van der Waals surface area contributed by atoms with Crippen molar-refractivity contribution in [2.45, 2.75) is 13.0 Å². The van der Waals surface area contributed by atoms with Crippen LogP contribution >= 0.6 is 15.9 Å². The highest BCUT2D eigenvalue weighted by molar-refractivity contribution is 9.10. The van der Waals surface area contributed by atoms with Gasteiger partial charge in [-0.2, -0.15) is 0 Å². The van der Waals surface area contributed by atoms with Crippen LogP contribution in [0, 0.1) is 0 Å². The van der Waals surface area contributed by atoms with Gasteiger partial charge in [0.1, 0.15) is 11.5 Å². The average Bonchev–Trinajstić information content (AvgIpc) is 2.51. The van der Waals surface area contributed by atoms with Gasteiger partial charge in [0.15, 0.2) is 0 Å². The quantitative estimate of drug-likeness (QED) is 0.848. The Morgan fingerprint density at radius 2 is 1.90 bits per heavy atom. The number of halogens is 1. The molecule has 2 aromatic carbocycles. The van der Waals surface area contributed by atoms with Gasteiger partial charge in [0, 0.05) is 10.0 Å². The number of ether oxygens (including phenoxy) is 2. The van der Waals surface area contributed by atoms with E-state index in [1.807, 2.05) is 44.3 Å². The molecule has 2 aromatic rings. The predicted molar refractivity (Wildman–Crippen MR) is 89.2 cm³/mol. The zero-order chi connectivity index (χ0) is 15.2. The zero-order valence-electron chi connectivity index (χ0n) is 12.5. The largest absolute Gasteiger partial charge is 0.497 e.